The van der Waals surface area contributed by atoms with Gasteiger partial charge in [0.1, 0.15) is 23.0 Å². The maximum absolute atomic E-state index is 13.5. The SMILES string of the molecule is CCCOc1ccc(/C(O)=C2/C(=O)C(=O)N(c3cccc(C)c3)C2c2cccc(Oc3ccccc3)c2)cc1. The van der Waals surface area contributed by atoms with Crippen molar-refractivity contribution in [3.63, 3.8) is 0 Å². The Hall–Kier alpha value is -4.84. The highest BCUT2D eigenvalue weighted by Gasteiger charge is 2.47. The van der Waals surface area contributed by atoms with Crippen LogP contribution in [0.4, 0.5) is 5.69 Å². The second kappa shape index (κ2) is 11.3. The third-order valence-electron chi connectivity index (χ3n) is 6.48. The average Bonchev–Trinajstić information content (AvgIpc) is 3.22. The molecule has 39 heavy (non-hydrogen) atoms. The number of hydrogen-bond acceptors (Lipinski definition) is 5. The monoisotopic (exact) mass is 519 g/mol. The molecule has 1 heterocycles. The van der Waals surface area contributed by atoms with E-state index in [-0.39, 0.29) is 11.3 Å². The molecule has 4 aromatic carbocycles. The number of para-hydroxylation sites is 1. The molecule has 1 atom stereocenters. The van der Waals surface area contributed by atoms with Crippen molar-refractivity contribution in [2.45, 2.75) is 26.3 Å². The highest BCUT2D eigenvalue weighted by Crippen LogP contribution is 2.43. The third-order valence-corrected chi connectivity index (χ3v) is 6.48. The van der Waals surface area contributed by atoms with Crippen LogP contribution in [0.1, 0.15) is 36.1 Å². The molecular formula is C33H29NO5. The van der Waals surface area contributed by atoms with Crippen LogP contribution in [0.5, 0.6) is 17.2 Å². The van der Waals surface area contributed by atoms with Crippen molar-refractivity contribution in [2.75, 3.05) is 11.5 Å². The molecule has 0 aliphatic carbocycles. The van der Waals surface area contributed by atoms with Gasteiger partial charge in [-0.05, 0) is 85.1 Å². The minimum atomic E-state index is -0.859. The summed E-state index contributed by atoms with van der Waals surface area (Å²) < 4.78 is 11.7. The van der Waals surface area contributed by atoms with Crippen molar-refractivity contribution in [1.29, 1.82) is 0 Å². The number of aliphatic hydroxyl groups is 1. The van der Waals surface area contributed by atoms with Crippen LogP contribution in [0.2, 0.25) is 0 Å². The Kier molecular flexibility index (Phi) is 7.46. The van der Waals surface area contributed by atoms with Gasteiger partial charge in [0.2, 0.25) is 0 Å². The summed E-state index contributed by atoms with van der Waals surface area (Å²) in [6.45, 7) is 4.52. The van der Waals surface area contributed by atoms with Gasteiger partial charge in [-0.1, -0.05) is 49.4 Å². The van der Waals surface area contributed by atoms with Gasteiger partial charge in [0.25, 0.3) is 11.7 Å². The largest absolute Gasteiger partial charge is 0.507 e. The quantitative estimate of drug-likeness (QED) is 0.151. The highest BCUT2D eigenvalue weighted by molar-refractivity contribution is 6.51. The van der Waals surface area contributed by atoms with Gasteiger partial charge >= 0.3 is 0 Å². The Bertz CT molecular complexity index is 1530. The van der Waals surface area contributed by atoms with Crippen LogP contribution >= 0.6 is 0 Å². The molecule has 6 nitrogen and oxygen atoms in total. The average molecular weight is 520 g/mol. The van der Waals surface area contributed by atoms with Gasteiger partial charge in [0.05, 0.1) is 18.2 Å². The maximum atomic E-state index is 13.5. The third kappa shape index (κ3) is 5.41. The minimum absolute atomic E-state index is 0.0144. The molecule has 1 aliphatic heterocycles. The number of ketones is 1. The number of anilines is 1. The molecule has 6 heteroatoms. The molecule has 5 rings (SSSR count). The molecule has 1 N–H and O–H groups in total. The van der Waals surface area contributed by atoms with Crippen molar-refractivity contribution in [3.05, 3.63) is 125 Å². The predicted octanol–water partition coefficient (Wildman–Crippen LogP) is 7.20. The number of aryl methyl sites for hydroxylation is 1. The molecule has 0 saturated carbocycles. The first kappa shape index (κ1) is 25.8. The van der Waals surface area contributed by atoms with E-state index in [0.29, 0.717) is 40.7 Å². The first-order valence-corrected chi connectivity index (χ1v) is 12.9. The second-order valence-corrected chi connectivity index (χ2v) is 9.37. The smallest absolute Gasteiger partial charge is 0.300 e. The number of amides is 1. The summed E-state index contributed by atoms with van der Waals surface area (Å²) in [6.07, 6.45) is 0.872. The fraction of sp³-hybridized carbons (Fsp3) is 0.152. The van der Waals surface area contributed by atoms with Gasteiger partial charge in [0, 0.05) is 11.3 Å². The Labute approximate surface area is 227 Å². The maximum Gasteiger partial charge on any atom is 0.300 e. The van der Waals surface area contributed by atoms with Crippen LogP contribution in [0.3, 0.4) is 0 Å². The number of aliphatic hydroxyl groups excluding tert-OH is 1. The van der Waals surface area contributed by atoms with Gasteiger partial charge in [0.15, 0.2) is 0 Å². The van der Waals surface area contributed by atoms with Crippen LogP contribution < -0.4 is 14.4 Å². The lowest BCUT2D eigenvalue weighted by Crippen LogP contribution is -2.29. The zero-order valence-corrected chi connectivity index (χ0v) is 21.8. The summed E-state index contributed by atoms with van der Waals surface area (Å²) in [4.78, 5) is 28.4. The summed E-state index contributed by atoms with van der Waals surface area (Å²) in [5, 5.41) is 11.4. The number of nitrogens with zero attached hydrogens (tertiary/aromatic N) is 1. The Morgan fingerprint density at radius 2 is 1.54 bits per heavy atom. The van der Waals surface area contributed by atoms with Crippen LogP contribution in [0.15, 0.2) is 109 Å². The zero-order valence-electron chi connectivity index (χ0n) is 21.8. The van der Waals surface area contributed by atoms with E-state index in [1.165, 1.54) is 4.90 Å². The molecule has 1 unspecified atom stereocenters. The summed E-state index contributed by atoms with van der Waals surface area (Å²) in [5.74, 6) is 0.170. The Morgan fingerprint density at radius 3 is 2.26 bits per heavy atom. The molecule has 196 valence electrons. The van der Waals surface area contributed by atoms with Crippen molar-refractivity contribution >= 4 is 23.1 Å². The fourth-order valence-corrected chi connectivity index (χ4v) is 4.65. The minimum Gasteiger partial charge on any atom is -0.507 e. The number of Topliss-reactive ketones (excluding diaryl/α,β-unsaturated/α-hetero) is 1. The normalized spacial score (nSPS) is 16.4. The zero-order chi connectivity index (χ0) is 27.4. The van der Waals surface area contributed by atoms with Crippen LogP contribution in [0, 0.1) is 6.92 Å². The van der Waals surface area contributed by atoms with Crippen molar-refractivity contribution < 1.29 is 24.2 Å². The van der Waals surface area contributed by atoms with E-state index in [2.05, 4.69) is 0 Å². The molecular weight excluding hydrogens is 490 g/mol. The number of ether oxygens (including phenoxy) is 2. The lowest BCUT2D eigenvalue weighted by molar-refractivity contribution is -0.132. The van der Waals surface area contributed by atoms with Gasteiger partial charge in [-0.15, -0.1) is 0 Å². The van der Waals surface area contributed by atoms with Crippen LogP contribution in [-0.4, -0.2) is 23.4 Å². The molecule has 1 aliphatic rings. The van der Waals surface area contributed by atoms with E-state index in [0.717, 1.165) is 12.0 Å². The molecule has 0 aromatic heterocycles. The van der Waals surface area contributed by atoms with Crippen LogP contribution in [0.25, 0.3) is 5.76 Å². The molecule has 1 amide bonds. The van der Waals surface area contributed by atoms with Crippen molar-refractivity contribution in [3.8, 4) is 17.2 Å². The van der Waals surface area contributed by atoms with Crippen molar-refractivity contribution in [2.24, 2.45) is 0 Å². The summed E-state index contributed by atoms with van der Waals surface area (Å²) in [6, 6.07) is 30.0. The predicted molar refractivity (Wildman–Crippen MR) is 151 cm³/mol. The van der Waals surface area contributed by atoms with E-state index >= 15 is 0 Å². The Morgan fingerprint density at radius 1 is 0.821 bits per heavy atom. The first-order valence-electron chi connectivity index (χ1n) is 12.9. The van der Waals surface area contributed by atoms with Gasteiger partial charge < -0.3 is 14.6 Å². The topological polar surface area (TPSA) is 76.1 Å². The summed E-state index contributed by atoms with van der Waals surface area (Å²) >= 11 is 0. The lowest BCUT2D eigenvalue weighted by Gasteiger charge is -2.26. The first-order chi connectivity index (χ1) is 19.0. The lowest BCUT2D eigenvalue weighted by atomic mass is 9.95. The number of carbonyl (C=O) groups excluding carboxylic acids is 2. The van der Waals surface area contributed by atoms with E-state index in [1.54, 1.807) is 36.4 Å². The van der Waals surface area contributed by atoms with Crippen LogP contribution in [-0.2, 0) is 9.59 Å². The van der Waals surface area contributed by atoms with Crippen molar-refractivity contribution in [1.82, 2.24) is 0 Å². The summed E-state index contributed by atoms with van der Waals surface area (Å²) in [7, 11) is 0. The molecule has 0 radical (unpaired) electrons. The fourth-order valence-electron chi connectivity index (χ4n) is 4.65. The Balaban J connectivity index is 1.62. The molecule has 0 spiro atoms. The number of benzene rings is 4. The van der Waals surface area contributed by atoms with Gasteiger partial charge in [-0.2, -0.15) is 0 Å². The number of carbonyl (C=O) groups is 2. The second-order valence-electron chi connectivity index (χ2n) is 9.37. The molecule has 1 fully saturated rings. The summed E-state index contributed by atoms with van der Waals surface area (Å²) in [5.41, 5.74) is 2.58. The number of hydrogen-bond donors (Lipinski definition) is 1. The standard InChI is InChI=1S/C33H29NO5/c1-3-19-38-26-17-15-23(16-18-26)31(35)29-30(34(33(37)32(29)36)25-11-7-9-22(2)20-25)24-10-8-14-28(21-24)39-27-12-5-4-6-13-27/h4-18,20-21,30,35H,3,19H2,1-2H3/b31-29-. The molecule has 0 bridgehead atoms. The number of rotatable bonds is 8. The highest BCUT2D eigenvalue weighted by atomic mass is 16.5. The van der Waals surface area contributed by atoms with E-state index < -0.39 is 17.7 Å². The van der Waals surface area contributed by atoms with E-state index in [9.17, 15) is 14.7 Å². The molecule has 4 aromatic rings. The van der Waals surface area contributed by atoms with E-state index in [4.69, 9.17) is 9.47 Å². The molecule has 1 saturated heterocycles. The van der Waals surface area contributed by atoms with Gasteiger partial charge in [-0.25, -0.2) is 0 Å². The van der Waals surface area contributed by atoms with E-state index in [1.807, 2.05) is 80.6 Å². The van der Waals surface area contributed by atoms with Gasteiger partial charge in [-0.3, -0.25) is 14.5 Å².